The second-order valence-electron chi connectivity index (χ2n) is 8.10. The molecule has 1 aromatic carbocycles. The number of nitrogens with one attached hydrogen (secondary N) is 1. The van der Waals surface area contributed by atoms with E-state index in [1.54, 1.807) is 0 Å². The molecule has 1 saturated heterocycles. The summed E-state index contributed by atoms with van der Waals surface area (Å²) in [5.41, 5.74) is -0.312. The van der Waals surface area contributed by atoms with Crippen LogP contribution in [0, 0.1) is 22.6 Å². The van der Waals surface area contributed by atoms with Gasteiger partial charge in [0, 0.05) is 24.6 Å². The molecule has 1 aromatic rings. The number of piperidine rings is 1. The molecule has 0 spiro atoms. The van der Waals surface area contributed by atoms with Gasteiger partial charge in [-0.3, -0.25) is 19.3 Å². The maximum atomic E-state index is 12.9. The summed E-state index contributed by atoms with van der Waals surface area (Å²) in [5.74, 6) is -0.924. The van der Waals surface area contributed by atoms with Crippen LogP contribution in [0.5, 0.6) is 0 Å². The molecule has 1 saturated carbocycles. The van der Waals surface area contributed by atoms with Crippen LogP contribution in [0.2, 0.25) is 0 Å². The van der Waals surface area contributed by atoms with Crippen molar-refractivity contribution in [2.75, 3.05) is 11.9 Å². The Morgan fingerprint density at radius 3 is 2.54 bits per heavy atom. The number of hydrogen-bond acceptors (Lipinski definition) is 3. The van der Waals surface area contributed by atoms with Crippen LogP contribution in [0.15, 0.2) is 24.3 Å². The Morgan fingerprint density at radius 2 is 1.88 bits per heavy atom. The van der Waals surface area contributed by atoms with Gasteiger partial charge in [0.05, 0.1) is 5.41 Å². The number of rotatable bonds is 5. The number of imide groups is 1. The van der Waals surface area contributed by atoms with Crippen LogP contribution in [-0.4, -0.2) is 29.2 Å². The van der Waals surface area contributed by atoms with Crippen LogP contribution in [0.4, 0.5) is 10.1 Å². The van der Waals surface area contributed by atoms with Gasteiger partial charge in [0.25, 0.3) is 0 Å². The maximum absolute atomic E-state index is 12.9. The number of fused-ring (bicyclic) bond motifs is 2. The van der Waals surface area contributed by atoms with Crippen molar-refractivity contribution in [2.45, 2.75) is 46.5 Å². The van der Waals surface area contributed by atoms with E-state index in [2.05, 4.69) is 5.32 Å². The van der Waals surface area contributed by atoms with Crippen LogP contribution >= 0.6 is 0 Å². The summed E-state index contributed by atoms with van der Waals surface area (Å²) >= 11 is 0. The zero-order valence-electron chi connectivity index (χ0n) is 15.5. The van der Waals surface area contributed by atoms with Gasteiger partial charge in [0.15, 0.2) is 0 Å². The smallest absolute Gasteiger partial charge is 0.235 e. The number of likely N-dealkylation sites (tertiary alicyclic amines) is 1. The van der Waals surface area contributed by atoms with Gasteiger partial charge >= 0.3 is 0 Å². The van der Waals surface area contributed by atoms with E-state index in [0.717, 1.165) is 12.8 Å². The molecule has 2 aliphatic rings. The summed E-state index contributed by atoms with van der Waals surface area (Å²) in [7, 11) is 0. The lowest BCUT2D eigenvalue weighted by Crippen LogP contribution is -2.59. The molecule has 26 heavy (non-hydrogen) atoms. The fourth-order valence-corrected chi connectivity index (χ4v) is 4.27. The number of carbonyl (C=O) groups is 3. The monoisotopic (exact) mass is 360 g/mol. The molecule has 1 aliphatic carbocycles. The summed E-state index contributed by atoms with van der Waals surface area (Å²) in [4.78, 5) is 39.0. The van der Waals surface area contributed by atoms with Crippen molar-refractivity contribution in [3.63, 3.8) is 0 Å². The number of benzene rings is 1. The highest BCUT2D eigenvalue weighted by Crippen LogP contribution is 2.60. The Bertz CT molecular complexity index is 744. The Labute approximate surface area is 152 Å². The van der Waals surface area contributed by atoms with E-state index in [1.807, 2.05) is 20.8 Å². The first-order chi connectivity index (χ1) is 12.2. The van der Waals surface area contributed by atoms with E-state index in [9.17, 15) is 18.8 Å². The third-order valence-corrected chi connectivity index (χ3v) is 6.42. The molecule has 140 valence electrons. The highest BCUT2D eigenvalue weighted by molar-refractivity contribution is 6.03. The molecule has 1 N–H and O–H groups in total. The van der Waals surface area contributed by atoms with Gasteiger partial charge in [-0.15, -0.1) is 0 Å². The van der Waals surface area contributed by atoms with Gasteiger partial charge in [0.1, 0.15) is 5.82 Å². The minimum atomic E-state index is -0.512. The molecular weight excluding hydrogens is 335 g/mol. The molecule has 2 atom stereocenters. The van der Waals surface area contributed by atoms with Gasteiger partial charge < -0.3 is 5.32 Å². The molecule has 3 rings (SSSR count). The van der Waals surface area contributed by atoms with E-state index >= 15 is 0 Å². The van der Waals surface area contributed by atoms with E-state index in [0.29, 0.717) is 12.1 Å². The van der Waals surface area contributed by atoms with Gasteiger partial charge in [-0.1, -0.05) is 20.8 Å². The Kier molecular flexibility index (Phi) is 4.63. The first-order valence-corrected chi connectivity index (χ1v) is 9.08. The van der Waals surface area contributed by atoms with Crippen LogP contribution in [0.25, 0.3) is 0 Å². The predicted molar refractivity (Wildman–Crippen MR) is 95.6 cm³/mol. The lowest BCUT2D eigenvalue weighted by atomic mass is 9.62. The van der Waals surface area contributed by atoms with Gasteiger partial charge in [-0.05, 0) is 48.9 Å². The average Bonchev–Trinajstić information content (AvgIpc) is 2.77. The fourth-order valence-electron chi connectivity index (χ4n) is 4.27. The Hall–Kier alpha value is -2.24. The van der Waals surface area contributed by atoms with Crippen molar-refractivity contribution in [3.05, 3.63) is 30.1 Å². The number of halogens is 1. The van der Waals surface area contributed by atoms with Crippen molar-refractivity contribution < 1.29 is 18.8 Å². The minimum absolute atomic E-state index is 0.103. The molecule has 1 heterocycles. The number of anilines is 1. The maximum Gasteiger partial charge on any atom is 0.235 e. The van der Waals surface area contributed by atoms with Gasteiger partial charge in [0.2, 0.25) is 17.7 Å². The minimum Gasteiger partial charge on any atom is -0.326 e. The zero-order valence-corrected chi connectivity index (χ0v) is 15.5. The summed E-state index contributed by atoms with van der Waals surface area (Å²) < 4.78 is 12.9. The Balaban J connectivity index is 1.57. The molecule has 2 unspecified atom stereocenters. The van der Waals surface area contributed by atoms with Crippen molar-refractivity contribution in [2.24, 2.45) is 16.7 Å². The molecule has 0 radical (unpaired) electrons. The second-order valence-corrected chi connectivity index (χ2v) is 8.10. The standard InChI is InChI=1S/C20H25FN2O3/c1-19(2)15-10-11-20(19,3)18(26)23(17(15)25)12-4-5-16(24)22-14-8-6-13(21)7-9-14/h6-9,15H,4-5,10-12H2,1-3H3,(H,22,24). The number of hydrogen-bond donors (Lipinski definition) is 1. The number of carbonyl (C=O) groups excluding carboxylic acids is 3. The third-order valence-electron chi connectivity index (χ3n) is 6.42. The average molecular weight is 360 g/mol. The number of nitrogens with zero attached hydrogens (tertiary/aromatic N) is 1. The first kappa shape index (κ1) is 18.5. The van der Waals surface area contributed by atoms with Crippen LogP contribution < -0.4 is 5.32 Å². The first-order valence-electron chi connectivity index (χ1n) is 9.08. The SMILES string of the molecule is CC12CCC(C(=O)N(CCCC(=O)Nc3ccc(F)cc3)C1=O)C2(C)C. The van der Waals surface area contributed by atoms with Crippen molar-refractivity contribution in [1.82, 2.24) is 4.90 Å². The summed E-state index contributed by atoms with van der Waals surface area (Å²) in [6, 6.07) is 5.54. The van der Waals surface area contributed by atoms with E-state index in [4.69, 9.17) is 0 Å². The Morgan fingerprint density at radius 1 is 1.23 bits per heavy atom. The predicted octanol–water partition coefficient (Wildman–Crippen LogP) is 3.36. The molecule has 3 amide bonds. The summed E-state index contributed by atoms with van der Waals surface area (Å²) in [6.45, 7) is 6.23. The van der Waals surface area contributed by atoms with Crippen molar-refractivity contribution >= 4 is 23.4 Å². The zero-order chi connectivity index (χ0) is 19.1. The molecule has 2 bridgehead atoms. The van der Waals surface area contributed by atoms with Gasteiger partial charge in [-0.25, -0.2) is 4.39 Å². The quantitative estimate of drug-likeness (QED) is 0.819. The fraction of sp³-hybridized carbons (Fsp3) is 0.550. The van der Waals surface area contributed by atoms with Crippen molar-refractivity contribution in [3.8, 4) is 0 Å². The molecule has 1 aliphatic heterocycles. The van der Waals surface area contributed by atoms with E-state index in [-0.39, 0.29) is 47.8 Å². The summed E-state index contributed by atoms with van der Waals surface area (Å²) in [6.07, 6.45) is 2.08. The largest absolute Gasteiger partial charge is 0.326 e. The molecule has 2 fully saturated rings. The van der Waals surface area contributed by atoms with Gasteiger partial charge in [-0.2, -0.15) is 0 Å². The molecule has 0 aromatic heterocycles. The summed E-state index contributed by atoms with van der Waals surface area (Å²) in [5, 5.41) is 2.69. The van der Waals surface area contributed by atoms with Crippen molar-refractivity contribution in [1.29, 1.82) is 0 Å². The lowest BCUT2D eigenvalue weighted by Gasteiger charge is -2.47. The molecule has 5 nitrogen and oxygen atoms in total. The van der Waals surface area contributed by atoms with Crippen LogP contribution in [0.3, 0.4) is 0 Å². The third kappa shape index (κ3) is 2.91. The topological polar surface area (TPSA) is 66.5 Å². The highest BCUT2D eigenvalue weighted by atomic mass is 19.1. The molecule has 6 heteroatoms. The molecular formula is C20H25FN2O3. The van der Waals surface area contributed by atoms with Crippen LogP contribution in [0.1, 0.15) is 46.5 Å². The van der Waals surface area contributed by atoms with Crippen LogP contribution in [-0.2, 0) is 14.4 Å². The van der Waals surface area contributed by atoms with E-state index in [1.165, 1.54) is 29.2 Å². The normalized spacial score (nSPS) is 26.9. The second kappa shape index (κ2) is 6.49. The highest BCUT2D eigenvalue weighted by Gasteiger charge is 2.64. The number of amides is 3. The van der Waals surface area contributed by atoms with E-state index < -0.39 is 5.41 Å². The lowest BCUT2D eigenvalue weighted by molar-refractivity contribution is -0.168.